The summed E-state index contributed by atoms with van der Waals surface area (Å²) in [5.74, 6) is 0.392. The number of rotatable bonds is 5. The lowest BCUT2D eigenvalue weighted by molar-refractivity contribution is 0.0212. The number of halogens is 1. The Kier molecular flexibility index (Phi) is 5.71. The van der Waals surface area contributed by atoms with Crippen LogP contribution in [0.3, 0.4) is 0 Å². The summed E-state index contributed by atoms with van der Waals surface area (Å²) >= 11 is 3.50. The minimum atomic E-state index is -0.496. The van der Waals surface area contributed by atoms with E-state index in [2.05, 4.69) is 58.4 Å². The number of alkyl halides is 1. The van der Waals surface area contributed by atoms with E-state index in [0.717, 1.165) is 17.3 Å². The van der Waals surface area contributed by atoms with Gasteiger partial charge in [-0.05, 0) is 43.9 Å². The minimum absolute atomic E-state index is 0.194. The molecule has 1 saturated carbocycles. The van der Waals surface area contributed by atoms with E-state index in [4.69, 9.17) is 4.74 Å². The summed E-state index contributed by atoms with van der Waals surface area (Å²) in [5, 5.41) is 0.809. The molecule has 0 bridgehead atoms. The second kappa shape index (κ2) is 7.83. The quantitative estimate of drug-likeness (QED) is 0.570. The molecule has 1 aliphatic rings. The van der Waals surface area contributed by atoms with Crippen LogP contribution in [0.1, 0.15) is 49.8 Å². The van der Waals surface area contributed by atoms with E-state index in [1.54, 1.807) is 0 Å². The highest BCUT2D eigenvalue weighted by Crippen LogP contribution is 2.45. The molecule has 0 heterocycles. The summed E-state index contributed by atoms with van der Waals surface area (Å²) in [6, 6.07) is 19.0. The van der Waals surface area contributed by atoms with Crippen molar-refractivity contribution < 1.29 is 9.53 Å². The highest BCUT2D eigenvalue weighted by atomic mass is 79.9. The first-order valence-electron chi connectivity index (χ1n) is 9.06. The lowest BCUT2D eigenvalue weighted by atomic mass is 10.1. The SMILES string of the molecule is CC(C)(C)OC(=O)N(Cc1cccc(CBr)c1)C1CC1c1ccccc1. The Morgan fingerprint density at radius 2 is 1.81 bits per heavy atom. The fourth-order valence-electron chi connectivity index (χ4n) is 3.23. The molecule has 0 aromatic heterocycles. The van der Waals surface area contributed by atoms with Crippen LogP contribution in [0.5, 0.6) is 0 Å². The molecule has 2 unspecified atom stereocenters. The van der Waals surface area contributed by atoms with Crippen LogP contribution < -0.4 is 0 Å². The summed E-state index contributed by atoms with van der Waals surface area (Å²) in [5.41, 5.74) is 3.14. The van der Waals surface area contributed by atoms with Crippen LogP contribution in [0.4, 0.5) is 4.79 Å². The molecule has 0 spiro atoms. The lowest BCUT2D eigenvalue weighted by Crippen LogP contribution is -2.38. The molecule has 2 aromatic carbocycles. The van der Waals surface area contributed by atoms with Crippen LogP contribution in [-0.2, 0) is 16.6 Å². The largest absolute Gasteiger partial charge is 0.444 e. The molecule has 1 aliphatic carbocycles. The van der Waals surface area contributed by atoms with Crippen molar-refractivity contribution >= 4 is 22.0 Å². The first-order valence-corrected chi connectivity index (χ1v) is 10.2. The Hall–Kier alpha value is -1.81. The second-order valence-corrected chi connectivity index (χ2v) is 8.44. The van der Waals surface area contributed by atoms with Crippen molar-refractivity contribution in [3.05, 3.63) is 71.3 Å². The Bertz CT molecular complexity index is 754. The number of nitrogens with zero attached hydrogens (tertiary/aromatic N) is 1. The van der Waals surface area contributed by atoms with E-state index >= 15 is 0 Å². The van der Waals surface area contributed by atoms with Crippen molar-refractivity contribution in [2.45, 2.75) is 56.6 Å². The third-order valence-electron chi connectivity index (χ3n) is 4.51. The highest BCUT2D eigenvalue weighted by molar-refractivity contribution is 9.08. The predicted octanol–water partition coefficient (Wildman–Crippen LogP) is 5.87. The summed E-state index contributed by atoms with van der Waals surface area (Å²) in [6.45, 7) is 6.31. The molecule has 2 atom stereocenters. The Balaban J connectivity index is 1.79. The third kappa shape index (κ3) is 4.88. The molecule has 0 radical (unpaired) electrons. The monoisotopic (exact) mass is 415 g/mol. The van der Waals surface area contributed by atoms with Crippen LogP contribution in [0, 0.1) is 0 Å². The van der Waals surface area contributed by atoms with Crippen LogP contribution in [0.15, 0.2) is 54.6 Å². The molecule has 1 amide bonds. The van der Waals surface area contributed by atoms with Gasteiger partial charge in [-0.1, -0.05) is 70.5 Å². The first-order chi connectivity index (χ1) is 12.4. The van der Waals surface area contributed by atoms with Crippen molar-refractivity contribution in [1.82, 2.24) is 4.90 Å². The molecule has 0 N–H and O–H groups in total. The van der Waals surface area contributed by atoms with E-state index in [1.165, 1.54) is 11.1 Å². The maximum absolute atomic E-state index is 12.9. The number of hydrogen-bond acceptors (Lipinski definition) is 2. The molecule has 138 valence electrons. The van der Waals surface area contributed by atoms with Gasteiger partial charge in [-0.15, -0.1) is 0 Å². The lowest BCUT2D eigenvalue weighted by Gasteiger charge is -2.28. The van der Waals surface area contributed by atoms with Crippen LogP contribution in [-0.4, -0.2) is 22.6 Å². The van der Waals surface area contributed by atoms with Crippen LogP contribution in [0.25, 0.3) is 0 Å². The Labute approximate surface area is 164 Å². The standard InChI is InChI=1S/C22H26BrNO2/c1-22(2,3)26-21(25)24(15-17-9-7-8-16(12-17)14-23)20-13-19(20)18-10-5-4-6-11-18/h4-12,19-20H,13-15H2,1-3H3. The van der Waals surface area contributed by atoms with E-state index < -0.39 is 5.60 Å². The van der Waals surface area contributed by atoms with E-state index in [0.29, 0.717) is 12.5 Å². The molecule has 4 heteroatoms. The zero-order chi connectivity index (χ0) is 18.7. The van der Waals surface area contributed by atoms with E-state index in [9.17, 15) is 4.79 Å². The van der Waals surface area contributed by atoms with Gasteiger partial charge in [0.25, 0.3) is 0 Å². The maximum atomic E-state index is 12.9. The fourth-order valence-corrected chi connectivity index (χ4v) is 3.58. The van der Waals surface area contributed by atoms with Crippen molar-refractivity contribution in [2.24, 2.45) is 0 Å². The Morgan fingerprint density at radius 3 is 2.46 bits per heavy atom. The normalized spacial score (nSPS) is 19.1. The van der Waals surface area contributed by atoms with Crippen molar-refractivity contribution in [3.63, 3.8) is 0 Å². The van der Waals surface area contributed by atoms with Gasteiger partial charge < -0.3 is 9.64 Å². The van der Waals surface area contributed by atoms with Gasteiger partial charge in [0.1, 0.15) is 5.60 Å². The molecular formula is C22H26BrNO2. The van der Waals surface area contributed by atoms with E-state index in [-0.39, 0.29) is 12.1 Å². The van der Waals surface area contributed by atoms with E-state index in [1.807, 2.05) is 37.8 Å². The number of amides is 1. The number of carbonyl (C=O) groups is 1. The van der Waals surface area contributed by atoms with Gasteiger partial charge >= 0.3 is 6.09 Å². The average Bonchev–Trinajstić information content (AvgIpc) is 3.39. The molecule has 2 aromatic rings. The van der Waals surface area contributed by atoms with Crippen molar-refractivity contribution in [3.8, 4) is 0 Å². The van der Waals surface area contributed by atoms with Crippen molar-refractivity contribution in [2.75, 3.05) is 0 Å². The number of ether oxygens (including phenoxy) is 1. The van der Waals surface area contributed by atoms with Gasteiger partial charge in [-0.25, -0.2) is 4.79 Å². The van der Waals surface area contributed by atoms with Gasteiger partial charge in [0, 0.05) is 23.8 Å². The average molecular weight is 416 g/mol. The summed E-state index contributed by atoms with van der Waals surface area (Å²) < 4.78 is 5.69. The van der Waals surface area contributed by atoms with Crippen LogP contribution in [0.2, 0.25) is 0 Å². The molecule has 26 heavy (non-hydrogen) atoms. The summed E-state index contributed by atoms with van der Waals surface area (Å²) in [7, 11) is 0. The molecule has 1 fully saturated rings. The number of carbonyl (C=O) groups excluding carboxylic acids is 1. The minimum Gasteiger partial charge on any atom is -0.444 e. The van der Waals surface area contributed by atoms with Gasteiger partial charge in [-0.3, -0.25) is 0 Å². The van der Waals surface area contributed by atoms with Gasteiger partial charge in [-0.2, -0.15) is 0 Å². The fraction of sp³-hybridized carbons (Fsp3) is 0.409. The molecule has 0 saturated heterocycles. The smallest absolute Gasteiger partial charge is 0.410 e. The predicted molar refractivity (Wildman–Crippen MR) is 108 cm³/mol. The summed E-state index contributed by atoms with van der Waals surface area (Å²) in [6.07, 6.45) is 0.756. The Morgan fingerprint density at radius 1 is 1.12 bits per heavy atom. The zero-order valence-corrected chi connectivity index (χ0v) is 17.2. The van der Waals surface area contributed by atoms with Gasteiger partial charge in [0.05, 0.1) is 0 Å². The second-order valence-electron chi connectivity index (χ2n) is 7.88. The third-order valence-corrected chi connectivity index (χ3v) is 5.16. The zero-order valence-electron chi connectivity index (χ0n) is 15.6. The number of benzene rings is 2. The molecular weight excluding hydrogens is 390 g/mol. The number of hydrogen-bond donors (Lipinski definition) is 0. The van der Waals surface area contributed by atoms with Crippen LogP contribution >= 0.6 is 15.9 Å². The van der Waals surface area contributed by atoms with Gasteiger partial charge in [0.2, 0.25) is 0 Å². The molecule has 3 rings (SSSR count). The van der Waals surface area contributed by atoms with Gasteiger partial charge in [0.15, 0.2) is 0 Å². The maximum Gasteiger partial charge on any atom is 0.410 e. The highest BCUT2D eigenvalue weighted by Gasteiger charge is 2.45. The van der Waals surface area contributed by atoms with Crippen molar-refractivity contribution in [1.29, 1.82) is 0 Å². The summed E-state index contributed by atoms with van der Waals surface area (Å²) in [4.78, 5) is 14.8. The molecule has 0 aliphatic heterocycles. The topological polar surface area (TPSA) is 29.5 Å². The molecule has 3 nitrogen and oxygen atoms in total. The first kappa shape index (κ1) is 19.0.